The van der Waals surface area contributed by atoms with Crippen molar-refractivity contribution in [3.8, 4) is 0 Å². The normalized spacial score (nSPS) is 15.3. The molecular weight excluding hydrogens is 374 g/mol. The molecule has 0 aliphatic carbocycles. The summed E-state index contributed by atoms with van der Waals surface area (Å²) in [6, 6.07) is 6.54. The monoisotopic (exact) mass is 395 g/mol. The second-order valence-electron chi connectivity index (χ2n) is 6.26. The molecule has 0 unspecified atom stereocenters. The zero-order chi connectivity index (χ0) is 18.7. The Labute approximate surface area is 156 Å². The fraction of sp³-hybridized carbons (Fsp3) is 0.412. The van der Waals surface area contributed by atoms with Gasteiger partial charge in [-0.05, 0) is 37.5 Å². The van der Waals surface area contributed by atoms with Gasteiger partial charge in [-0.1, -0.05) is 23.5 Å². The molecule has 9 heteroatoms. The quantitative estimate of drug-likeness (QED) is 0.799. The van der Waals surface area contributed by atoms with Gasteiger partial charge in [-0.25, -0.2) is 8.42 Å². The van der Waals surface area contributed by atoms with Crippen molar-refractivity contribution >= 4 is 27.3 Å². The van der Waals surface area contributed by atoms with Crippen molar-refractivity contribution in [2.45, 2.75) is 37.8 Å². The molecule has 1 aromatic carbocycles. The van der Waals surface area contributed by atoms with Gasteiger partial charge in [0, 0.05) is 30.7 Å². The maximum Gasteiger partial charge on any atom is 0.307 e. The van der Waals surface area contributed by atoms with Gasteiger partial charge >= 0.3 is 4.87 Å². The zero-order valence-electron chi connectivity index (χ0n) is 14.5. The third-order valence-electron chi connectivity index (χ3n) is 4.39. The predicted octanol–water partition coefficient (Wildman–Crippen LogP) is 1.32. The molecule has 1 aliphatic heterocycles. The highest BCUT2D eigenvalue weighted by atomic mass is 32.2. The van der Waals surface area contributed by atoms with Crippen LogP contribution in [-0.4, -0.2) is 36.3 Å². The van der Waals surface area contributed by atoms with E-state index in [-0.39, 0.29) is 28.8 Å². The largest absolute Gasteiger partial charge is 0.350 e. The molecule has 2 heterocycles. The van der Waals surface area contributed by atoms with E-state index in [1.54, 1.807) is 36.6 Å². The Balaban J connectivity index is 1.59. The molecule has 1 N–H and O–H groups in total. The van der Waals surface area contributed by atoms with Crippen LogP contribution in [0.15, 0.2) is 39.3 Å². The SMILES string of the molecule is Cc1csc(=O)n1CC(=O)NCc1ccc(S(=O)(=O)N2CCCC2)cc1. The van der Waals surface area contributed by atoms with Crippen molar-refractivity contribution in [1.82, 2.24) is 14.2 Å². The Morgan fingerprint density at radius 3 is 2.42 bits per heavy atom. The lowest BCUT2D eigenvalue weighted by atomic mass is 10.2. The number of nitrogens with zero attached hydrogens (tertiary/aromatic N) is 2. The Hall–Kier alpha value is -1.97. The van der Waals surface area contributed by atoms with Crippen LogP contribution < -0.4 is 10.2 Å². The lowest BCUT2D eigenvalue weighted by Gasteiger charge is -2.15. The molecule has 0 saturated carbocycles. The molecule has 1 amide bonds. The Morgan fingerprint density at radius 1 is 1.19 bits per heavy atom. The van der Waals surface area contributed by atoms with E-state index in [4.69, 9.17) is 0 Å². The number of nitrogens with one attached hydrogen (secondary N) is 1. The highest BCUT2D eigenvalue weighted by molar-refractivity contribution is 7.89. The van der Waals surface area contributed by atoms with E-state index in [0.717, 1.165) is 35.4 Å². The minimum absolute atomic E-state index is 0.0183. The van der Waals surface area contributed by atoms with Crippen LogP contribution in [0.1, 0.15) is 24.1 Å². The number of rotatable bonds is 6. The third kappa shape index (κ3) is 4.05. The minimum atomic E-state index is -3.42. The summed E-state index contributed by atoms with van der Waals surface area (Å²) < 4.78 is 27.9. The Kier molecular flexibility index (Phi) is 5.59. The van der Waals surface area contributed by atoms with Crippen LogP contribution in [0.25, 0.3) is 0 Å². The summed E-state index contributed by atoms with van der Waals surface area (Å²) in [5.74, 6) is -0.262. The smallest absolute Gasteiger partial charge is 0.307 e. The number of carbonyl (C=O) groups is 1. The van der Waals surface area contributed by atoms with Crippen LogP contribution in [-0.2, 0) is 27.9 Å². The summed E-state index contributed by atoms with van der Waals surface area (Å²) in [5, 5.41) is 4.47. The van der Waals surface area contributed by atoms with Gasteiger partial charge in [0.25, 0.3) is 0 Å². The maximum absolute atomic E-state index is 12.5. The van der Waals surface area contributed by atoms with E-state index in [2.05, 4.69) is 5.32 Å². The van der Waals surface area contributed by atoms with Crippen molar-refractivity contribution < 1.29 is 13.2 Å². The van der Waals surface area contributed by atoms with E-state index in [0.29, 0.717) is 13.1 Å². The van der Waals surface area contributed by atoms with E-state index >= 15 is 0 Å². The van der Waals surface area contributed by atoms with Crippen molar-refractivity contribution in [2.75, 3.05) is 13.1 Å². The molecule has 0 spiro atoms. The van der Waals surface area contributed by atoms with Crippen LogP contribution in [0, 0.1) is 6.92 Å². The zero-order valence-corrected chi connectivity index (χ0v) is 16.1. The van der Waals surface area contributed by atoms with Crippen LogP contribution in [0.5, 0.6) is 0 Å². The molecule has 2 aromatic rings. The number of hydrogen-bond donors (Lipinski definition) is 1. The minimum Gasteiger partial charge on any atom is -0.350 e. The average Bonchev–Trinajstić information content (AvgIpc) is 3.27. The second-order valence-corrected chi connectivity index (χ2v) is 9.02. The first-order chi connectivity index (χ1) is 12.4. The summed E-state index contributed by atoms with van der Waals surface area (Å²) in [6.45, 7) is 3.18. The summed E-state index contributed by atoms with van der Waals surface area (Å²) in [6.07, 6.45) is 1.80. The molecule has 0 bridgehead atoms. The molecular formula is C17H21N3O4S2. The summed E-state index contributed by atoms with van der Waals surface area (Å²) in [7, 11) is -3.42. The Morgan fingerprint density at radius 2 is 1.85 bits per heavy atom. The van der Waals surface area contributed by atoms with Gasteiger partial charge in [0.2, 0.25) is 15.9 Å². The van der Waals surface area contributed by atoms with E-state index in [1.165, 1.54) is 8.87 Å². The van der Waals surface area contributed by atoms with Crippen molar-refractivity contribution in [3.63, 3.8) is 0 Å². The number of carbonyl (C=O) groups excluding carboxylic acids is 1. The molecule has 1 aliphatic rings. The van der Waals surface area contributed by atoms with Gasteiger partial charge in [-0.15, -0.1) is 0 Å². The molecule has 1 saturated heterocycles. The van der Waals surface area contributed by atoms with Gasteiger partial charge in [0.1, 0.15) is 6.54 Å². The number of sulfonamides is 1. The van der Waals surface area contributed by atoms with Crippen molar-refractivity contribution in [1.29, 1.82) is 0 Å². The molecule has 26 heavy (non-hydrogen) atoms. The first-order valence-corrected chi connectivity index (χ1v) is 10.7. The number of benzene rings is 1. The number of hydrogen-bond acceptors (Lipinski definition) is 5. The molecule has 0 radical (unpaired) electrons. The Bertz CT molecular complexity index is 939. The van der Waals surface area contributed by atoms with Gasteiger partial charge in [-0.3, -0.25) is 14.2 Å². The molecule has 1 fully saturated rings. The predicted molar refractivity (Wildman–Crippen MR) is 99.6 cm³/mol. The van der Waals surface area contributed by atoms with Gasteiger partial charge in [0.05, 0.1) is 4.90 Å². The van der Waals surface area contributed by atoms with E-state index < -0.39 is 10.0 Å². The van der Waals surface area contributed by atoms with Crippen LogP contribution in [0.3, 0.4) is 0 Å². The number of aromatic nitrogens is 1. The first kappa shape index (κ1) is 18.8. The van der Waals surface area contributed by atoms with Crippen LogP contribution in [0.2, 0.25) is 0 Å². The molecule has 1 aromatic heterocycles. The highest BCUT2D eigenvalue weighted by Gasteiger charge is 2.26. The van der Waals surface area contributed by atoms with Crippen molar-refractivity contribution in [3.05, 3.63) is 50.6 Å². The van der Waals surface area contributed by atoms with Crippen LogP contribution >= 0.6 is 11.3 Å². The molecule has 3 rings (SSSR count). The highest BCUT2D eigenvalue weighted by Crippen LogP contribution is 2.21. The molecule has 7 nitrogen and oxygen atoms in total. The lowest BCUT2D eigenvalue weighted by molar-refractivity contribution is -0.121. The molecule has 0 atom stereocenters. The number of amides is 1. The number of aryl methyl sites for hydroxylation is 1. The lowest BCUT2D eigenvalue weighted by Crippen LogP contribution is -2.30. The fourth-order valence-electron chi connectivity index (χ4n) is 2.85. The maximum atomic E-state index is 12.5. The summed E-state index contributed by atoms with van der Waals surface area (Å²) >= 11 is 1.07. The average molecular weight is 396 g/mol. The van der Waals surface area contributed by atoms with Crippen molar-refractivity contribution in [2.24, 2.45) is 0 Å². The summed E-state index contributed by atoms with van der Waals surface area (Å²) in [4.78, 5) is 23.8. The van der Waals surface area contributed by atoms with Crippen LogP contribution in [0.4, 0.5) is 0 Å². The second kappa shape index (κ2) is 7.73. The fourth-order valence-corrected chi connectivity index (χ4v) is 5.10. The van der Waals surface area contributed by atoms with E-state index in [1.807, 2.05) is 0 Å². The first-order valence-electron chi connectivity index (χ1n) is 8.38. The molecule has 140 valence electrons. The van der Waals surface area contributed by atoms with Gasteiger partial charge in [-0.2, -0.15) is 4.31 Å². The number of thiazole rings is 1. The standard InChI is InChI=1S/C17H21N3O4S2/c1-13-12-25-17(22)20(13)11-16(21)18-10-14-4-6-15(7-5-14)26(23,24)19-8-2-3-9-19/h4-7,12H,2-3,8-11H2,1H3,(H,18,21). The third-order valence-corrected chi connectivity index (χ3v) is 7.19. The summed E-state index contributed by atoms with van der Waals surface area (Å²) in [5.41, 5.74) is 1.56. The van der Waals surface area contributed by atoms with E-state index in [9.17, 15) is 18.0 Å². The topological polar surface area (TPSA) is 88.5 Å². The van der Waals surface area contributed by atoms with Gasteiger partial charge in [0.15, 0.2) is 0 Å². The van der Waals surface area contributed by atoms with Gasteiger partial charge < -0.3 is 5.32 Å².